The van der Waals surface area contributed by atoms with Gasteiger partial charge in [0.1, 0.15) is 24.4 Å². The van der Waals surface area contributed by atoms with E-state index >= 15 is 0 Å². The van der Waals surface area contributed by atoms with E-state index in [1.54, 1.807) is 30.2 Å². The van der Waals surface area contributed by atoms with Crippen molar-refractivity contribution in [3.8, 4) is 0 Å². The number of hydrogen-bond donors (Lipinski definition) is 0. The molecule has 0 aliphatic carbocycles. The lowest BCUT2D eigenvalue weighted by molar-refractivity contribution is -0.140. The van der Waals surface area contributed by atoms with Crippen LogP contribution in [0.1, 0.15) is 27.7 Å². The molecule has 0 saturated heterocycles. The van der Waals surface area contributed by atoms with Gasteiger partial charge in [0.05, 0.1) is 0 Å². The van der Waals surface area contributed by atoms with Crippen molar-refractivity contribution in [3.63, 3.8) is 0 Å². The first-order valence-electron chi connectivity index (χ1n) is 13.2. The van der Waals surface area contributed by atoms with E-state index in [-0.39, 0.29) is 30.1 Å². The fraction of sp³-hybridized carbons (Fsp3) is 0.467. The van der Waals surface area contributed by atoms with Crippen LogP contribution in [0.3, 0.4) is 0 Å². The summed E-state index contributed by atoms with van der Waals surface area (Å²) in [6, 6.07) is 0. The minimum atomic E-state index is -2.64. The quantitative estimate of drug-likeness (QED) is 0.0622. The van der Waals surface area contributed by atoms with Crippen molar-refractivity contribution >= 4 is 40.1 Å². The summed E-state index contributed by atoms with van der Waals surface area (Å²) in [4.78, 5) is 53.3. The molecule has 0 amide bonds. The van der Waals surface area contributed by atoms with Gasteiger partial charge in [-0.2, -0.15) is 0 Å². The third-order valence-corrected chi connectivity index (χ3v) is 14.1. The summed E-state index contributed by atoms with van der Waals surface area (Å²) in [5, 5.41) is 1.23. The SMILES string of the molecule is C=C(COC(=O)/C(=C/C=C/N(C)C)C(C)=O)[Si](C)(C)O[Si](C)(C)C(=C)COC(=O)/C(C(C)=O)=C(C)/C=C(/C)N(C)C. The molecule has 11 heteroatoms. The van der Waals surface area contributed by atoms with E-state index in [9.17, 15) is 19.2 Å². The Hall–Kier alpha value is -3.29. The molecule has 0 aromatic carbocycles. The molecule has 0 heterocycles. The molecule has 0 atom stereocenters. The lowest BCUT2D eigenvalue weighted by Gasteiger charge is -2.36. The molecular weight excluding hydrogens is 557 g/mol. The normalized spacial score (nSPS) is 13.4. The third kappa shape index (κ3) is 12.8. The molecule has 0 aromatic rings. The summed E-state index contributed by atoms with van der Waals surface area (Å²) in [6.07, 6.45) is 6.48. The van der Waals surface area contributed by atoms with Crippen LogP contribution in [0.4, 0.5) is 0 Å². The van der Waals surface area contributed by atoms with Crippen LogP contribution in [0.2, 0.25) is 26.2 Å². The smallest absolute Gasteiger partial charge is 0.342 e. The van der Waals surface area contributed by atoms with Crippen molar-refractivity contribution in [1.29, 1.82) is 0 Å². The van der Waals surface area contributed by atoms with E-state index in [0.29, 0.717) is 16.0 Å². The van der Waals surface area contributed by atoms with Crippen molar-refractivity contribution in [2.24, 2.45) is 0 Å². The van der Waals surface area contributed by atoms with Crippen LogP contribution in [0, 0.1) is 0 Å². The summed E-state index contributed by atoms with van der Waals surface area (Å²) >= 11 is 0. The largest absolute Gasteiger partial charge is 0.458 e. The molecule has 0 unspecified atom stereocenters. The van der Waals surface area contributed by atoms with Crippen LogP contribution in [-0.4, -0.2) is 91.3 Å². The number of esters is 2. The van der Waals surface area contributed by atoms with Gasteiger partial charge < -0.3 is 23.4 Å². The topological polar surface area (TPSA) is 102 Å². The van der Waals surface area contributed by atoms with E-state index in [0.717, 1.165) is 5.70 Å². The van der Waals surface area contributed by atoms with E-state index in [1.807, 2.05) is 66.2 Å². The van der Waals surface area contributed by atoms with Gasteiger partial charge in [-0.15, -0.1) is 0 Å². The Morgan fingerprint density at radius 2 is 1.22 bits per heavy atom. The van der Waals surface area contributed by atoms with Crippen molar-refractivity contribution < 1.29 is 32.8 Å². The van der Waals surface area contributed by atoms with Crippen LogP contribution < -0.4 is 0 Å². The number of rotatable bonds is 16. The van der Waals surface area contributed by atoms with Gasteiger partial charge in [-0.1, -0.05) is 13.2 Å². The van der Waals surface area contributed by atoms with E-state index in [1.165, 1.54) is 19.9 Å². The van der Waals surface area contributed by atoms with Crippen LogP contribution >= 0.6 is 0 Å². The Morgan fingerprint density at radius 1 is 0.756 bits per heavy atom. The number of carbonyl (C=O) groups excluding carboxylic acids is 4. The average molecular weight is 605 g/mol. The first kappa shape index (κ1) is 37.7. The molecule has 0 aliphatic heterocycles. The number of ketones is 2. The maximum absolute atomic E-state index is 12.9. The molecule has 41 heavy (non-hydrogen) atoms. The average Bonchev–Trinajstić information content (AvgIpc) is 2.81. The first-order chi connectivity index (χ1) is 18.6. The van der Waals surface area contributed by atoms with E-state index in [2.05, 4.69) is 13.2 Å². The molecule has 9 nitrogen and oxygen atoms in total. The van der Waals surface area contributed by atoms with Crippen LogP contribution in [0.25, 0.3) is 0 Å². The van der Waals surface area contributed by atoms with Crippen LogP contribution in [-0.2, 0) is 32.8 Å². The molecular formula is C30H48N2O7Si2. The van der Waals surface area contributed by atoms with E-state index < -0.39 is 34.4 Å². The third-order valence-electron chi connectivity index (χ3n) is 6.30. The lowest BCUT2D eigenvalue weighted by Crippen LogP contribution is -2.48. The molecule has 0 N–H and O–H groups in total. The van der Waals surface area contributed by atoms with Gasteiger partial charge in [0.15, 0.2) is 11.6 Å². The Kier molecular flexibility index (Phi) is 14.9. The Morgan fingerprint density at radius 3 is 1.61 bits per heavy atom. The van der Waals surface area contributed by atoms with Crippen molar-refractivity contribution in [2.75, 3.05) is 41.4 Å². The number of Topliss-reactive ketones (excluding diaryl/α,β-unsaturated/α-hetero) is 2. The Bertz CT molecular complexity index is 1170. The van der Waals surface area contributed by atoms with Gasteiger partial charge in [-0.05, 0) is 94.3 Å². The van der Waals surface area contributed by atoms with E-state index in [4.69, 9.17) is 13.6 Å². The summed E-state index contributed by atoms with van der Waals surface area (Å²) < 4.78 is 17.4. The van der Waals surface area contributed by atoms with Crippen LogP contribution in [0.15, 0.2) is 70.4 Å². The van der Waals surface area contributed by atoms with Gasteiger partial charge in [0.2, 0.25) is 16.6 Å². The molecule has 0 spiro atoms. The molecule has 228 valence electrons. The number of hydrogen-bond acceptors (Lipinski definition) is 9. The highest BCUT2D eigenvalue weighted by atomic mass is 28.4. The van der Waals surface area contributed by atoms with Gasteiger partial charge in [-0.3, -0.25) is 9.59 Å². The minimum absolute atomic E-state index is 0.0134. The molecule has 0 rings (SSSR count). The molecule has 0 aromatic heterocycles. The van der Waals surface area contributed by atoms with Crippen molar-refractivity contribution in [3.05, 3.63) is 70.4 Å². The fourth-order valence-electron chi connectivity index (χ4n) is 3.32. The standard InChI is InChI=1S/C30H48N2O7Si2/c1-21(18-22(2)32(9)10)28(26(6)34)30(36)38-20-24(4)41(13,14)39-40(11,12)23(3)19-37-29(35)27(25(5)33)16-15-17-31(7)8/h15-18H,3-4,19-20H2,1-2,5-14H3/b17-15+,22-18-,27-16+,28-21+. The molecule has 0 saturated carbocycles. The highest BCUT2D eigenvalue weighted by Crippen LogP contribution is 2.26. The maximum Gasteiger partial charge on any atom is 0.342 e. The summed E-state index contributed by atoms with van der Waals surface area (Å²) in [5.74, 6) is -2.24. The Labute approximate surface area is 248 Å². The second-order valence-electron chi connectivity index (χ2n) is 11.2. The predicted molar refractivity (Wildman–Crippen MR) is 169 cm³/mol. The highest BCUT2D eigenvalue weighted by Gasteiger charge is 2.38. The zero-order valence-corrected chi connectivity index (χ0v) is 28.9. The van der Waals surface area contributed by atoms with Crippen molar-refractivity contribution in [2.45, 2.75) is 53.9 Å². The molecule has 0 bridgehead atoms. The van der Waals surface area contributed by atoms with Crippen LogP contribution in [0.5, 0.6) is 0 Å². The predicted octanol–water partition coefficient (Wildman–Crippen LogP) is 4.65. The first-order valence-corrected chi connectivity index (χ1v) is 19.0. The summed E-state index contributed by atoms with van der Waals surface area (Å²) in [7, 11) is 2.12. The van der Waals surface area contributed by atoms with Crippen molar-refractivity contribution in [1.82, 2.24) is 9.80 Å². The summed E-state index contributed by atoms with van der Waals surface area (Å²) in [5.41, 5.74) is 1.32. The maximum atomic E-state index is 12.9. The fourth-order valence-corrected chi connectivity index (χ4v) is 10.4. The Balaban J connectivity index is 5.47. The molecule has 0 aliphatic rings. The number of carbonyl (C=O) groups is 4. The minimum Gasteiger partial charge on any atom is -0.458 e. The second-order valence-corrected chi connectivity index (χ2v) is 19.5. The number of allylic oxidation sites excluding steroid dienone is 5. The second kappa shape index (κ2) is 16.2. The molecule has 0 radical (unpaired) electrons. The molecule has 0 fully saturated rings. The number of ether oxygens (including phenoxy) is 2. The van der Waals surface area contributed by atoms with Gasteiger partial charge in [0, 0.05) is 33.9 Å². The van der Waals surface area contributed by atoms with Gasteiger partial charge >= 0.3 is 11.9 Å². The lowest BCUT2D eigenvalue weighted by atomic mass is 10.1. The zero-order valence-electron chi connectivity index (χ0n) is 26.9. The van der Waals surface area contributed by atoms with Gasteiger partial charge in [-0.25, -0.2) is 9.59 Å². The highest BCUT2D eigenvalue weighted by molar-refractivity contribution is 6.91. The number of nitrogens with zero attached hydrogens (tertiary/aromatic N) is 2. The van der Waals surface area contributed by atoms with Gasteiger partial charge in [0.25, 0.3) is 0 Å². The monoisotopic (exact) mass is 604 g/mol. The summed E-state index contributed by atoms with van der Waals surface area (Å²) in [6.45, 7) is 21.9. The zero-order chi connectivity index (χ0) is 32.3.